The summed E-state index contributed by atoms with van der Waals surface area (Å²) in [6, 6.07) is 17.4. The van der Waals surface area contributed by atoms with Crippen molar-refractivity contribution in [3.05, 3.63) is 95.2 Å². The van der Waals surface area contributed by atoms with Crippen LogP contribution < -0.4 is 9.64 Å². The number of nitrogens with zero attached hydrogens (tertiary/aromatic N) is 2. The zero-order valence-electron chi connectivity index (χ0n) is 19.0. The van der Waals surface area contributed by atoms with Crippen molar-refractivity contribution in [3.63, 3.8) is 0 Å². The molecule has 3 heterocycles. The normalized spacial score (nSPS) is 21.4. The maximum absolute atomic E-state index is 14.7. The smallest absolute Gasteiger partial charge is 0.332 e. The van der Waals surface area contributed by atoms with Crippen LogP contribution >= 0.6 is 0 Å². The third kappa shape index (κ3) is 2.79. The van der Waals surface area contributed by atoms with Gasteiger partial charge in [0.1, 0.15) is 17.4 Å². The van der Waals surface area contributed by atoms with Gasteiger partial charge < -0.3 is 14.6 Å². The van der Waals surface area contributed by atoms with Gasteiger partial charge in [0.2, 0.25) is 0 Å². The molecule has 0 aliphatic carbocycles. The molecule has 4 aromatic rings. The third-order valence-corrected chi connectivity index (χ3v) is 7.19. The standard InChI is InChI=1S/C27H21F2N3O3/c1-27-24-23(17-8-3-5-9-20(17)30-24)18(16-7-4-6-10-22(16)35-2)14-31(27)26(34)32(25(27)33)21-12-11-15(28)13-19(21)29/h3-13,18,30H,14H2,1-2H3/t18?,27-/m0/s1. The van der Waals surface area contributed by atoms with E-state index in [1.54, 1.807) is 14.0 Å². The number of aromatic amines is 1. The van der Waals surface area contributed by atoms with Crippen LogP contribution in [0.1, 0.15) is 29.7 Å². The zero-order chi connectivity index (χ0) is 24.5. The number of ether oxygens (including phenoxy) is 1. The van der Waals surface area contributed by atoms with Gasteiger partial charge in [-0.25, -0.2) is 18.5 Å². The molecule has 176 valence electrons. The molecule has 1 saturated heterocycles. The molecule has 0 bridgehead atoms. The van der Waals surface area contributed by atoms with Crippen LogP contribution in [-0.2, 0) is 10.3 Å². The SMILES string of the molecule is COc1ccccc1C1CN2C(=O)N(c3ccc(F)cc3F)C(=O)[C@]2(C)c2[nH]c3ccccc3c21. The summed E-state index contributed by atoms with van der Waals surface area (Å²) in [5, 5.41) is 0.936. The largest absolute Gasteiger partial charge is 0.496 e. The number of carbonyl (C=O) groups excluding carboxylic acids is 2. The van der Waals surface area contributed by atoms with Crippen molar-refractivity contribution in [2.45, 2.75) is 18.4 Å². The molecule has 35 heavy (non-hydrogen) atoms. The number of aromatic nitrogens is 1. The zero-order valence-corrected chi connectivity index (χ0v) is 19.0. The third-order valence-electron chi connectivity index (χ3n) is 7.19. The van der Waals surface area contributed by atoms with Gasteiger partial charge >= 0.3 is 6.03 Å². The van der Waals surface area contributed by atoms with Crippen LogP contribution in [0.5, 0.6) is 5.75 Å². The first-order valence-corrected chi connectivity index (χ1v) is 11.2. The molecule has 8 heteroatoms. The highest BCUT2D eigenvalue weighted by atomic mass is 19.1. The first-order chi connectivity index (χ1) is 16.9. The molecule has 6 rings (SSSR count). The fourth-order valence-corrected chi connectivity index (χ4v) is 5.50. The number of hydrogen-bond acceptors (Lipinski definition) is 3. The Morgan fingerprint density at radius 2 is 1.77 bits per heavy atom. The van der Waals surface area contributed by atoms with Crippen molar-refractivity contribution in [2.75, 3.05) is 18.6 Å². The number of benzene rings is 3. The Morgan fingerprint density at radius 3 is 2.54 bits per heavy atom. The lowest BCUT2D eigenvalue weighted by atomic mass is 9.78. The van der Waals surface area contributed by atoms with E-state index in [1.807, 2.05) is 48.5 Å². The van der Waals surface area contributed by atoms with Gasteiger partial charge in [-0.1, -0.05) is 36.4 Å². The van der Waals surface area contributed by atoms with E-state index in [0.29, 0.717) is 17.5 Å². The van der Waals surface area contributed by atoms with E-state index in [9.17, 15) is 18.4 Å². The highest BCUT2D eigenvalue weighted by molar-refractivity contribution is 6.23. The van der Waals surface area contributed by atoms with Crippen LogP contribution in [-0.4, -0.2) is 35.5 Å². The summed E-state index contributed by atoms with van der Waals surface area (Å²) in [5.74, 6) is -2.01. The predicted octanol–water partition coefficient (Wildman–Crippen LogP) is 5.28. The molecule has 3 amide bonds. The van der Waals surface area contributed by atoms with Crippen LogP contribution in [0.2, 0.25) is 0 Å². The average Bonchev–Trinajstić information content (AvgIpc) is 3.34. The van der Waals surface area contributed by atoms with E-state index in [1.165, 1.54) is 4.90 Å². The van der Waals surface area contributed by atoms with Crippen molar-refractivity contribution in [2.24, 2.45) is 0 Å². The number of fused-ring (bicyclic) bond motifs is 5. The van der Waals surface area contributed by atoms with E-state index < -0.39 is 29.1 Å². The number of H-pyrrole nitrogens is 1. The minimum absolute atomic E-state index is 0.176. The topological polar surface area (TPSA) is 65.6 Å². The average molecular weight is 473 g/mol. The number of halogens is 2. The molecule has 0 spiro atoms. The second-order valence-corrected chi connectivity index (χ2v) is 8.96. The van der Waals surface area contributed by atoms with Gasteiger partial charge in [-0.05, 0) is 36.8 Å². The molecule has 1 unspecified atom stereocenters. The Labute approximate surface area is 199 Å². The molecule has 2 aliphatic rings. The minimum atomic E-state index is -1.40. The Bertz CT molecular complexity index is 1530. The van der Waals surface area contributed by atoms with E-state index >= 15 is 0 Å². The Hall–Kier alpha value is -4.20. The number of amides is 3. The number of nitrogens with one attached hydrogen (secondary N) is 1. The van der Waals surface area contributed by atoms with E-state index in [0.717, 1.165) is 39.1 Å². The van der Waals surface area contributed by atoms with Gasteiger partial charge in [0.15, 0.2) is 5.54 Å². The van der Waals surface area contributed by atoms with E-state index in [-0.39, 0.29) is 18.2 Å². The van der Waals surface area contributed by atoms with Crippen LogP contribution in [0.4, 0.5) is 19.3 Å². The summed E-state index contributed by atoms with van der Waals surface area (Å²) in [7, 11) is 1.59. The molecule has 1 fully saturated rings. The molecule has 6 nitrogen and oxygen atoms in total. The van der Waals surface area contributed by atoms with Crippen LogP contribution in [0, 0.1) is 11.6 Å². The van der Waals surface area contributed by atoms with E-state index in [2.05, 4.69) is 4.98 Å². The molecule has 0 radical (unpaired) electrons. The number of para-hydroxylation sites is 2. The Kier molecular flexibility index (Phi) is 4.51. The minimum Gasteiger partial charge on any atom is -0.496 e. The molecule has 2 atom stereocenters. The molecular weight excluding hydrogens is 452 g/mol. The second kappa shape index (κ2) is 7.40. The van der Waals surface area contributed by atoms with Gasteiger partial charge in [0, 0.05) is 35.0 Å². The first-order valence-electron chi connectivity index (χ1n) is 11.2. The van der Waals surface area contributed by atoms with Crippen molar-refractivity contribution >= 4 is 28.5 Å². The lowest BCUT2D eigenvalue weighted by molar-refractivity contribution is -0.125. The molecule has 0 saturated carbocycles. The molecule has 3 aromatic carbocycles. The van der Waals surface area contributed by atoms with Gasteiger partial charge in [-0.3, -0.25) is 4.79 Å². The summed E-state index contributed by atoms with van der Waals surface area (Å²) in [5.41, 5.74) is 1.49. The number of imide groups is 1. The molecular formula is C27H21F2N3O3. The molecule has 1 aromatic heterocycles. The summed E-state index contributed by atoms with van der Waals surface area (Å²) >= 11 is 0. The Balaban J connectivity index is 1.60. The highest BCUT2D eigenvalue weighted by Gasteiger charge is 2.61. The number of urea groups is 1. The van der Waals surface area contributed by atoms with Gasteiger partial charge in [0.05, 0.1) is 18.5 Å². The molecule has 1 N–H and O–H groups in total. The van der Waals surface area contributed by atoms with Crippen LogP contribution in [0.3, 0.4) is 0 Å². The Morgan fingerprint density at radius 1 is 1.03 bits per heavy atom. The second-order valence-electron chi connectivity index (χ2n) is 8.96. The number of rotatable bonds is 3. The fourth-order valence-electron chi connectivity index (χ4n) is 5.50. The van der Waals surface area contributed by atoms with Crippen LogP contribution in [0.25, 0.3) is 10.9 Å². The lowest BCUT2D eigenvalue weighted by Gasteiger charge is -2.40. The summed E-state index contributed by atoms with van der Waals surface area (Å²) in [6.45, 7) is 1.84. The number of methoxy groups -OCH3 is 1. The lowest BCUT2D eigenvalue weighted by Crippen LogP contribution is -2.50. The van der Waals surface area contributed by atoms with Gasteiger partial charge in [-0.2, -0.15) is 0 Å². The fraction of sp³-hybridized carbons (Fsp3) is 0.185. The van der Waals surface area contributed by atoms with E-state index in [4.69, 9.17) is 4.74 Å². The predicted molar refractivity (Wildman–Crippen MR) is 126 cm³/mol. The van der Waals surface area contributed by atoms with Crippen molar-refractivity contribution < 1.29 is 23.1 Å². The maximum atomic E-state index is 14.7. The van der Waals surface area contributed by atoms with Gasteiger partial charge in [0.25, 0.3) is 5.91 Å². The number of carbonyl (C=O) groups is 2. The van der Waals surface area contributed by atoms with Gasteiger partial charge in [-0.15, -0.1) is 0 Å². The number of anilines is 1. The van der Waals surface area contributed by atoms with Crippen molar-refractivity contribution in [1.82, 2.24) is 9.88 Å². The highest BCUT2D eigenvalue weighted by Crippen LogP contribution is 2.51. The summed E-state index contributed by atoms with van der Waals surface area (Å²) in [6.07, 6.45) is 0. The molecule has 2 aliphatic heterocycles. The number of hydrogen-bond donors (Lipinski definition) is 1. The maximum Gasteiger partial charge on any atom is 0.332 e. The summed E-state index contributed by atoms with van der Waals surface area (Å²) < 4.78 is 33.9. The van der Waals surface area contributed by atoms with Crippen molar-refractivity contribution in [1.29, 1.82) is 0 Å². The van der Waals surface area contributed by atoms with Crippen molar-refractivity contribution in [3.8, 4) is 5.75 Å². The first kappa shape index (κ1) is 21.3. The quantitative estimate of drug-likeness (QED) is 0.412. The van der Waals surface area contributed by atoms with Crippen LogP contribution in [0.15, 0.2) is 66.7 Å². The summed E-state index contributed by atoms with van der Waals surface area (Å²) in [4.78, 5) is 33.2. The monoisotopic (exact) mass is 473 g/mol.